The molecule has 0 radical (unpaired) electrons. The molecule has 0 saturated carbocycles. The molecule has 1 N–H and O–H groups in total. The molecule has 0 aliphatic heterocycles. The van der Waals surface area contributed by atoms with Gasteiger partial charge < -0.3 is 10.0 Å². The van der Waals surface area contributed by atoms with Crippen LogP contribution in [0.3, 0.4) is 0 Å². The highest BCUT2D eigenvalue weighted by molar-refractivity contribution is 5.75. The number of carbonyl (C=O) groups excluding carboxylic acids is 1. The van der Waals surface area contributed by atoms with Crippen LogP contribution in [0.4, 0.5) is 0 Å². The van der Waals surface area contributed by atoms with Gasteiger partial charge in [0.25, 0.3) is 0 Å². The Bertz CT molecular complexity index is 359. The second kappa shape index (κ2) is 7.88. The topological polar surface area (TPSA) is 40.5 Å². The van der Waals surface area contributed by atoms with E-state index in [2.05, 4.69) is 31.2 Å². The normalized spacial score (nSPS) is 10.4. The molecule has 1 amide bonds. The molecular formula is C15H23NO2. The lowest BCUT2D eigenvalue weighted by Gasteiger charge is -2.17. The summed E-state index contributed by atoms with van der Waals surface area (Å²) in [5.74, 6) is 0.0849. The van der Waals surface area contributed by atoms with Gasteiger partial charge in [-0.05, 0) is 24.0 Å². The number of rotatable bonds is 7. The molecule has 0 unspecified atom stereocenters. The van der Waals surface area contributed by atoms with Gasteiger partial charge in [-0.25, -0.2) is 0 Å². The van der Waals surface area contributed by atoms with E-state index >= 15 is 0 Å². The Morgan fingerprint density at radius 1 is 1.22 bits per heavy atom. The zero-order valence-corrected chi connectivity index (χ0v) is 11.4. The summed E-state index contributed by atoms with van der Waals surface area (Å²) in [6.45, 7) is 2.88. The minimum atomic E-state index is 0.0747. The second-order valence-electron chi connectivity index (χ2n) is 4.64. The van der Waals surface area contributed by atoms with Crippen molar-refractivity contribution in [1.29, 1.82) is 0 Å². The first-order chi connectivity index (χ1) is 8.67. The van der Waals surface area contributed by atoms with Crippen molar-refractivity contribution in [2.24, 2.45) is 0 Å². The highest BCUT2D eigenvalue weighted by Crippen LogP contribution is 2.09. The molecule has 0 bridgehead atoms. The van der Waals surface area contributed by atoms with Crippen molar-refractivity contribution in [3.05, 3.63) is 35.4 Å². The number of hydrogen-bond donors (Lipinski definition) is 1. The number of carbonyl (C=O) groups is 1. The van der Waals surface area contributed by atoms with E-state index in [1.807, 2.05) is 0 Å². The van der Waals surface area contributed by atoms with Crippen molar-refractivity contribution in [2.75, 3.05) is 13.7 Å². The quantitative estimate of drug-likeness (QED) is 0.806. The molecule has 0 saturated heterocycles. The highest BCUT2D eigenvalue weighted by Gasteiger charge is 2.08. The fraction of sp³-hybridized carbons (Fsp3) is 0.533. The fourth-order valence-corrected chi connectivity index (χ4v) is 1.88. The van der Waals surface area contributed by atoms with Crippen molar-refractivity contribution in [3.8, 4) is 0 Å². The monoisotopic (exact) mass is 249 g/mol. The summed E-state index contributed by atoms with van der Waals surface area (Å²) in [5.41, 5.74) is 2.49. The van der Waals surface area contributed by atoms with E-state index in [0.717, 1.165) is 18.4 Å². The molecule has 1 aromatic rings. The number of aliphatic hydroxyl groups is 1. The molecular weight excluding hydrogens is 226 g/mol. The van der Waals surface area contributed by atoms with Crippen LogP contribution in [0.1, 0.15) is 37.3 Å². The number of nitrogens with zero attached hydrogens (tertiary/aromatic N) is 1. The molecule has 100 valence electrons. The molecule has 0 heterocycles. The Hall–Kier alpha value is -1.35. The summed E-state index contributed by atoms with van der Waals surface area (Å²) in [4.78, 5) is 13.4. The van der Waals surface area contributed by atoms with Crippen molar-refractivity contribution < 1.29 is 9.90 Å². The highest BCUT2D eigenvalue weighted by atomic mass is 16.3. The van der Waals surface area contributed by atoms with Gasteiger partial charge in [-0.1, -0.05) is 37.6 Å². The summed E-state index contributed by atoms with van der Waals surface area (Å²) in [6, 6.07) is 8.43. The molecule has 3 nitrogen and oxygen atoms in total. The van der Waals surface area contributed by atoms with E-state index in [1.54, 1.807) is 11.9 Å². The van der Waals surface area contributed by atoms with Gasteiger partial charge in [-0.2, -0.15) is 0 Å². The molecule has 18 heavy (non-hydrogen) atoms. The average molecular weight is 249 g/mol. The molecule has 0 aromatic heterocycles. The van der Waals surface area contributed by atoms with E-state index in [4.69, 9.17) is 5.11 Å². The molecule has 0 aliphatic carbocycles. The third-order valence-corrected chi connectivity index (χ3v) is 2.96. The minimum absolute atomic E-state index is 0.0747. The maximum absolute atomic E-state index is 11.7. The molecule has 1 aromatic carbocycles. The summed E-state index contributed by atoms with van der Waals surface area (Å²) in [5, 5.41) is 8.70. The van der Waals surface area contributed by atoms with Crippen LogP contribution in [0.25, 0.3) is 0 Å². The first-order valence-corrected chi connectivity index (χ1v) is 6.60. The summed E-state index contributed by atoms with van der Waals surface area (Å²) in [6.07, 6.45) is 3.21. The number of hydrogen-bond acceptors (Lipinski definition) is 2. The van der Waals surface area contributed by atoms with Crippen LogP contribution in [0, 0.1) is 0 Å². The van der Waals surface area contributed by atoms with Crippen molar-refractivity contribution in [2.45, 2.75) is 39.2 Å². The molecule has 0 spiro atoms. The van der Waals surface area contributed by atoms with Gasteiger partial charge >= 0.3 is 0 Å². The third kappa shape index (κ3) is 4.88. The predicted octanol–water partition coefficient (Wildman–Crippen LogP) is 2.37. The van der Waals surface area contributed by atoms with Crippen LogP contribution in [0.2, 0.25) is 0 Å². The summed E-state index contributed by atoms with van der Waals surface area (Å²) in [7, 11) is 1.81. The zero-order valence-electron chi connectivity index (χ0n) is 11.4. The van der Waals surface area contributed by atoms with Gasteiger partial charge in [-0.15, -0.1) is 0 Å². The zero-order chi connectivity index (χ0) is 13.4. The minimum Gasteiger partial charge on any atom is -0.396 e. The summed E-state index contributed by atoms with van der Waals surface area (Å²) < 4.78 is 0. The summed E-state index contributed by atoms with van der Waals surface area (Å²) >= 11 is 0. The van der Waals surface area contributed by atoms with Gasteiger partial charge in [0.1, 0.15) is 0 Å². The average Bonchev–Trinajstić information content (AvgIpc) is 2.38. The third-order valence-electron chi connectivity index (χ3n) is 2.96. The lowest BCUT2D eigenvalue weighted by Crippen LogP contribution is -2.26. The van der Waals surface area contributed by atoms with E-state index in [0.29, 0.717) is 19.4 Å². The Kier molecular flexibility index (Phi) is 6.44. The van der Waals surface area contributed by atoms with Gasteiger partial charge in [0.2, 0.25) is 5.91 Å². The number of aliphatic hydroxyl groups excluding tert-OH is 1. The Labute approximate surface area is 109 Å². The Morgan fingerprint density at radius 2 is 1.83 bits per heavy atom. The largest absolute Gasteiger partial charge is 0.396 e. The van der Waals surface area contributed by atoms with Crippen LogP contribution in [0.5, 0.6) is 0 Å². The fourth-order valence-electron chi connectivity index (χ4n) is 1.88. The second-order valence-corrected chi connectivity index (χ2v) is 4.64. The van der Waals surface area contributed by atoms with Gasteiger partial charge in [0, 0.05) is 26.6 Å². The molecule has 1 rings (SSSR count). The standard InChI is InChI=1S/C15H23NO2/c1-3-5-13-7-9-14(10-8-13)12-16(2)15(18)6-4-11-17/h7-10,17H,3-6,11-12H2,1-2H3. The van der Waals surface area contributed by atoms with Crippen molar-refractivity contribution in [1.82, 2.24) is 4.90 Å². The van der Waals surface area contributed by atoms with Crippen LogP contribution < -0.4 is 0 Å². The maximum Gasteiger partial charge on any atom is 0.222 e. The SMILES string of the molecule is CCCc1ccc(CN(C)C(=O)CCCO)cc1. The first-order valence-electron chi connectivity index (χ1n) is 6.60. The maximum atomic E-state index is 11.7. The van der Waals surface area contributed by atoms with Crippen LogP contribution in [-0.4, -0.2) is 29.6 Å². The lowest BCUT2D eigenvalue weighted by molar-refractivity contribution is -0.130. The first kappa shape index (κ1) is 14.7. The Balaban J connectivity index is 2.48. The molecule has 3 heteroatoms. The molecule has 0 aliphatic rings. The molecule has 0 fully saturated rings. The lowest BCUT2D eigenvalue weighted by atomic mass is 10.1. The predicted molar refractivity (Wildman–Crippen MR) is 73.2 cm³/mol. The van der Waals surface area contributed by atoms with E-state index in [-0.39, 0.29) is 12.5 Å². The van der Waals surface area contributed by atoms with Crippen LogP contribution >= 0.6 is 0 Å². The smallest absolute Gasteiger partial charge is 0.222 e. The van der Waals surface area contributed by atoms with E-state index < -0.39 is 0 Å². The number of amides is 1. The van der Waals surface area contributed by atoms with E-state index in [9.17, 15) is 4.79 Å². The van der Waals surface area contributed by atoms with Gasteiger partial charge in [-0.3, -0.25) is 4.79 Å². The van der Waals surface area contributed by atoms with Gasteiger partial charge in [0.05, 0.1) is 0 Å². The Morgan fingerprint density at radius 3 is 2.39 bits per heavy atom. The van der Waals surface area contributed by atoms with Gasteiger partial charge in [0.15, 0.2) is 0 Å². The van der Waals surface area contributed by atoms with Crippen LogP contribution in [-0.2, 0) is 17.8 Å². The van der Waals surface area contributed by atoms with Crippen molar-refractivity contribution in [3.63, 3.8) is 0 Å². The molecule has 0 atom stereocenters. The van der Waals surface area contributed by atoms with Crippen molar-refractivity contribution >= 4 is 5.91 Å². The number of benzene rings is 1. The van der Waals surface area contributed by atoms with Crippen LogP contribution in [0.15, 0.2) is 24.3 Å². The number of aryl methyl sites for hydroxylation is 1. The van der Waals surface area contributed by atoms with E-state index in [1.165, 1.54) is 5.56 Å².